The van der Waals surface area contributed by atoms with Gasteiger partial charge in [-0.3, -0.25) is 4.79 Å². The molecule has 156 valence electrons. The van der Waals surface area contributed by atoms with Crippen molar-refractivity contribution in [2.75, 3.05) is 20.2 Å². The summed E-state index contributed by atoms with van der Waals surface area (Å²) in [5.74, 6) is 1.19. The summed E-state index contributed by atoms with van der Waals surface area (Å²) in [6, 6.07) is 7.70. The van der Waals surface area contributed by atoms with E-state index in [1.54, 1.807) is 7.11 Å². The van der Waals surface area contributed by atoms with Crippen LogP contribution >= 0.6 is 0 Å². The number of urea groups is 1. The molecule has 3 amide bonds. The van der Waals surface area contributed by atoms with Crippen LogP contribution in [0.5, 0.6) is 5.75 Å². The lowest BCUT2D eigenvalue weighted by Crippen LogP contribution is -2.50. The first-order chi connectivity index (χ1) is 13.5. The van der Waals surface area contributed by atoms with Crippen molar-refractivity contribution in [3.05, 3.63) is 29.8 Å². The Kier molecular flexibility index (Phi) is 8.61. The summed E-state index contributed by atoms with van der Waals surface area (Å²) in [6.07, 6.45) is 4.19. The molecule has 1 atom stereocenters. The number of hydrogen-bond donors (Lipinski definition) is 2. The van der Waals surface area contributed by atoms with E-state index < -0.39 is 0 Å². The van der Waals surface area contributed by atoms with Crippen LogP contribution in [-0.2, 0) is 4.79 Å². The van der Waals surface area contributed by atoms with Gasteiger partial charge in [0.15, 0.2) is 0 Å². The summed E-state index contributed by atoms with van der Waals surface area (Å²) in [5, 5.41) is 6.15. The number of amides is 3. The normalized spacial score (nSPS) is 16.0. The molecule has 0 radical (unpaired) electrons. The monoisotopic (exact) mass is 389 g/mol. The summed E-state index contributed by atoms with van der Waals surface area (Å²) >= 11 is 0. The molecule has 1 aliphatic heterocycles. The Hall–Kier alpha value is -2.24. The molecule has 0 bridgehead atoms. The predicted molar refractivity (Wildman–Crippen MR) is 111 cm³/mol. The average Bonchev–Trinajstić information content (AvgIpc) is 2.73. The SMILES string of the molecule is CCC(CC)C(=O)N1CCC(NC(=O)NC(CC)c2ccc(OC)cc2)CC1. The van der Waals surface area contributed by atoms with E-state index in [2.05, 4.69) is 31.4 Å². The maximum Gasteiger partial charge on any atom is 0.315 e. The number of piperidine rings is 1. The first kappa shape index (κ1) is 22.1. The van der Waals surface area contributed by atoms with Gasteiger partial charge in [-0.05, 0) is 49.8 Å². The third-order valence-electron chi connectivity index (χ3n) is 5.71. The van der Waals surface area contributed by atoms with Crippen molar-refractivity contribution in [2.45, 2.75) is 65.0 Å². The number of carbonyl (C=O) groups is 2. The van der Waals surface area contributed by atoms with Crippen LogP contribution in [0.3, 0.4) is 0 Å². The Balaban J connectivity index is 1.82. The zero-order chi connectivity index (χ0) is 20.5. The molecule has 0 aliphatic carbocycles. The van der Waals surface area contributed by atoms with E-state index in [4.69, 9.17) is 4.74 Å². The first-order valence-electron chi connectivity index (χ1n) is 10.5. The summed E-state index contributed by atoms with van der Waals surface area (Å²) in [5.41, 5.74) is 1.06. The van der Waals surface area contributed by atoms with Crippen molar-refractivity contribution in [3.63, 3.8) is 0 Å². The van der Waals surface area contributed by atoms with E-state index in [9.17, 15) is 9.59 Å². The molecule has 0 spiro atoms. The van der Waals surface area contributed by atoms with Gasteiger partial charge in [-0.2, -0.15) is 0 Å². The molecule has 6 nitrogen and oxygen atoms in total. The molecule has 6 heteroatoms. The van der Waals surface area contributed by atoms with Gasteiger partial charge in [0, 0.05) is 25.0 Å². The van der Waals surface area contributed by atoms with Crippen LogP contribution < -0.4 is 15.4 Å². The molecule has 2 rings (SSSR count). The van der Waals surface area contributed by atoms with Crippen molar-refractivity contribution < 1.29 is 14.3 Å². The second-order valence-corrected chi connectivity index (χ2v) is 7.46. The van der Waals surface area contributed by atoms with Crippen LogP contribution in [0.2, 0.25) is 0 Å². The fourth-order valence-corrected chi connectivity index (χ4v) is 3.78. The standard InChI is InChI=1S/C22H35N3O3/c1-5-16(6-2)21(26)25-14-12-18(13-15-25)23-22(27)24-20(7-3)17-8-10-19(28-4)11-9-17/h8-11,16,18,20H,5-7,12-15H2,1-4H3,(H2,23,24,27). The molecule has 0 aromatic heterocycles. The van der Waals surface area contributed by atoms with Gasteiger partial charge < -0.3 is 20.3 Å². The second kappa shape index (κ2) is 10.9. The van der Waals surface area contributed by atoms with Crippen molar-refractivity contribution in [2.24, 2.45) is 5.92 Å². The van der Waals surface area contributed by atoms with Gasteiger partial charge in [0.2, 0.25) is 5.91 Å². The van der Waals surface area contributed by atoms with E-state index >= 15 is 0 Å². The fourth-order valence-electron chi connectivity index (χ4n) is 3.78. The van der Waals surface area contributed by atoms with Gasteiger partial charge in [0.25, 0.3) is 0 Å². The van der Waals surface area contributed by atoms with Gasteiger partial charge in [-0.1, -0.05) is 32.9 Å². The van der Waals surface area contributed by atoms with Crippen LogP contribution in [0, 0.1) is 5.92 Å². The number of hydrogen-bond acceptors (Lipinski definition) is 3. The highest BCUT2D eigenvalue weighted by molar-refractivity contribution is 5.79. The Morgan fingerprint density at radius 2 is 1.68 bits per heavy atom. The minimum Gasteiger partial charge on any atom is -0.497 e. The van der Waals surface area contributed by atoms with Crippen LogP contribution in [0.4, 0.5) is 4.79 Å². The zero-order valence-corrected chi connectivity index (χ0v) is 17.7. The van der Waals surface area contributed by atoms with Gasteiger partial charge in [-0.25, -0.2) is 4.79 Å². The molecule has 0 saturated carbocycles. The third-order valence-corrected chi connectivity index (χ3v) is 5.71. The molecule has 1 fully saturated rings. The highest BCUT2D eigenvalue weighted by Gasteiger charge is 2.27. The second-order valence-electron chi connectivity index (χ2n) is 7.46. The fraction of sp³-hybridized carbons (Fsp3) is 0.636. The van der Waals surface area contributed by atoms with Crippen molar-refractivity contribution in [1.82, 2.24) is 15.5 Å². The lowest BCUT2D eigenvalue weighted by atomic mass is 9.98. The van der Waals surface area contributed by atoms with Gasteiger partial charge in [0.1, 0.15) is 5.75 Å². The molecule has 1 aliphatic rings. The number of benzene rings is 1. The predicted octanol–water partition coefficient (Wildman–Crippen LogP) is 3.87. The molecule has 1 aromatic rings. The van der Waals surface area contributed by atoms with Gasteiger partial charge in [-0.15, -0.1) is 0 Å². The minimum atomic E-state index is -0.146. The highest BCUT2D eigenvalue weighted by atomic mass is 16.5. The lowest BCUT2D eigenvalue weighted by molar-refractivity contribution is -0.136. The quantitative estimate of drug-likeness (QED) is 0.709. The van der Waals surface area contributed by atoms with E-state index in [1.165, 1.54) is 0 Å². The van der Waals surface area contributed by atoms with Crippen molar-refractivity contribution >= 4 is 11.9 Å². The molecular weight excluding hydrogens is 354 g/mol. The molecule has 1 heterocycles. The zero-order valence-electron chi connectivity index (χ0n) is 17.7. The Bertz CT molecular complexity index is 620. The Morgan fingerprint density at radius 3 is 2.18 bits per heavy atom. The largest absolute Gasteiger partial charge is 0.497 e. The van der Waals surface area contributed by atoms with Gasteiger partial charge in [0.05, 0.1) is 13.2 Å². The van der Waals surface area contributed by atoms with E-state index in [1.807, 2.05) is 29.2 Å². The highest BCUT2D eigenvalue weighted by Crippen LogP contribution is 2.21. The number of likely N-dealkylation sites (tertiary alicyclic amines) is 1. The lowest BCUT2D eigenvalue weighted by Gasteiger charge is -2.34. The summed E-state index contributed by atoms with van der Waals surface area (Å²) in [7, 11) is 1.64. The molecule has 1 aromatic carbocycles. The van der Waals surface area contributed by atoms with Crippen LogP contribution in [-0.4, -0.2) is 43.1 Å². The molecule has 1 saturated heterocycles. The van der Waals surface area contributed by atoms with E-state index in [-0.39, 0.29) is 29.9 Å². The van der Waals surface area contributed by atoms with E-state index in [0.717, 1.165) is 56.5 Å². The number of nitrogens with one attached hydrogen (secondary N) is 2. The van der Waals surface area contributed by atoms with Crippen LogP contribution in [0.15, 0.2) is 24.3 Å². The topological polar surface area (TPSA) is 70.7 Å². The van der Waals surface area contributed by atoms with Crippen LogP contribution in [0.25, 0.3) is 0 Å². The number of carbonyl (C=O) groups excluding carboxylic acids is 2. The third kappa shape index (κ3) is 5.88. The Morgan fingerprint density at radius 1 is 1.07 bits per heavy atom. The molecular formula is C22H35N3O3. The maximum atomic E-state index is 12.5. The smallest absolute Gasteiger partial charge is 0.315 e. The summed E-state index contributed by atoms with van der Waals surface area (Å²) in [4.78, 5) is 26.9. The maximum absolute atomic E-state index is 12.5. The van der Waals surface area contributed by atoms with Crippen molar-refractivity contribution in [3.8, 4) is 5.75 Å². The number of nitrogens with zero attached hydrogens (tertiary/aromatic N) is 1. The Labute approximate surface area is 169 Å². The van der Waals surface area contributed by atoms with Crippen LogP contribution in [0.1, 0.15) is 64.5 Å². The van der Waals surface area contributed by atoms with Gasteiger partial charge >= 0.3 is 6.03 Å². The number of methoxy groups -OCH3 is 1. The first-order valence-corrected chi connectivity index (χ1v) is 10.5. The minimum absolute atomic E-state index is 0.0394. The molecule has 2 N–H and O–H groups in total. The number of ether oxygens (including phenoxy) is 1. The molecule has 1 unspecified atom stereocenters. The summed E-state index contributed by atoms with van der Waals surface area (Å²) in [6.45, 7) is 7.62. The van der Waals surface area contributed by atoms with Crippen molar-refractivity contribution in [1.29, 1.82) is 0 Å². The molecule has 28 heavy (non-hydrogen) atoms. The van der Waals surface area contributed by atoms with E-state index in [0.29, 0.717) is 0 Å². The summed E-state index contributed by atoms with van der Waals surface area (Å²) < 4.78 is 5.19. The average molecular weight is 390 g/mol. The number of rotatable bonds is 8.